The van der Waals surface area contributed by atoms with Gasteiger partial charge in [-0.1, -0.05) is 100 Å². The van der Waals surface area contributed by atoms with Crippen molar-refractivity contribution in [1.29, 1.82) is 0 Å². The summed E-state index contributed by atoms with van der Waals surface area (Å²) in [5.41, 5.74) is 5.15. The first-order valence-corrected chi connectivity index (χ1v) is 31.4. The number of aliphatic hydroxyl groups is 2. The van der Waals surface area contributed by atoms with Gasteiger partial charge in [0.1, 0.15) is 30.0 Å². The van der Waals surface area contributed by atoms with Crippen LogP contribution in [0.25, 0.3) is 28.0 Å². The molecule has 6 N–H and O–H groups in total. The lowest BCUT2D eigenvalue weighted by Crippen LogP contribution is -2.62. The minimum absolute atomic E-state index is 0.00774. The summed E-state index contributed by atoms with van der Waals surface area (Å²) in [5.74, 6) is 5.23. The van der Waals surface area contributed by atoms with Gasteiger partial charge in [0, 0.05) is 55.9 Å². The molecule has 82 heavy (non-hydrogen) atoms. The van der Waals surface area contributed by atoms with E-state index in [1.165, 1.54) is 35.6 Å². The molecule has 2 heterocycles. The van der Waals surface area contributed by atoms with Crippen molar-refractivity contribution >= 4 is 50.4 Å². The molecule has 12 nitrogen and oxygen atoms in total. The van der Waals surface area contributed by atoms with E-state index in [0.29, 0.717) is 63.1 Å². The number of nitrogens with one attached hydrogen (secondary N) is 1. The first-order chi connectivity index (χ1) is 39.8. The van der Waals surface area contributed by atoms with Crippen LogP contribution in [0.4, 0.5) is 0 Å². The molecule has 424 valence electrons. The van der Waals surface area contributed by atoms with Gasteiger partial charge < -0.3 is 49.8 Å². The van der Waals surface area contributed by atoms with E-state index < -0.39 is 58.4 Å². The molecule has 0 aromatic heterocycles. The van der Waals surface area contributed by atoms with Crippen LogP contribution in [0.3, 0.4) is 0 Å². The molecule has 5 aliphatic carbocycles. The number of allylic oxidation sites excluding steroid dienone is 1. The van der Waals surface area contributed by atoms with Crippen LogP contribution in [0.2, 0.25) is 0 Å². The van der Waals surface area contributed by atoms with Crippen LogP contribution in [0.5, 0.6) is 28.7 Å². The number of phenols is 3. The van der Waals surface area contributed by atoms with Gasteiger partial charge in [-0.25, -0.2) is 0 Å². The average molecular weight is 1140 g/mol. The highest BCUT2D eigenvalue weighted by atomic mass is 33.1. The smallest absolute Gasteiger partial charge is 0.316 e. The van der Waals surface area contributed by atoms with Gasteiger partial charge in [-0.05, 0) is 184 Å². The summed E-state index contributed by atoms with van der Waals surface area (Å²) >= 11 is 0. The number of esters is 2. The standard InChI is InChI=1S/C68H69NO11S2/c1-38(70)79-61-29-49-28-54-52-31-63(59(73)24-45(52)22-55-58(72)32-56-53-30-60(74)62(77-2)25-46(53)23-57(61)68(56,65(54)55)17-16-39-9-4-3-5-10-39)78-36-64(75)82-81-37-42-19-40-11-6-7-18-69-35-41-12-8-13-43(20-41)51-27-48(71)21-44-14-15-47(26-50(44)51)67(33-40,34-42)66(76)80-49/h3-5,8-10,12-17,20-21,24-27,30-31,40,42,49,54-58,61,64-65,69,71-75H,7,18-19,22-23,28-29,32-37H2,1-2H3/b17-16+/t40-,42+,49-,54-,55+,56-,57+,58-,61+,64-,65+,67-,68+/m0/s1. The van der Waals surface area contributed by atoms with Gasteiger partial charge >= 0.3 is 11.9 Å². The molecule has 11 bridgehead atoms. The lowest BCUT2D eigenvalue weighted by molar-refractivity contribution is -0.179. The number of carbonyl (C=O) groups excluding carboxylic acids is 2. The number of fused-ring (bicyclic) bond motifs is 10. The van der Waals surface area contributed by atoms with E-state index in [1.807, 2.05) is 48.5 Å². The van der Waals surface area contributed by atoms with Gasteiger partial charge in [0.25, 0.3) is 0 Å². The number of benzene rings is 6. The number of carbonyl (C=O) groups is 2. The molecule has 14 heteroatoms. The number of aliphatic hydroxyl groups excluding tert-OH is 2. The Balaban J connectivity index is 1.03. The zero-order valence-corrected chi connectivity index (χ0v) is 47.7. The summed E-state index contributed by atoms with van der Waals surface area (Å²) in [7, 11) is 4.36. The molecule has 2 aliphatic heterocycles. The Morgan fingerprint density at radius 3 is 2.56 bits per heavy atom. The molecule has 13 atom stereocenters. The number of aromatic hydroxyl groups is 3. The zero-order chi connectivity index (χ0) is 56.4. The van der Waals surface area contributed by atoms with Crippen molar-refractivity contribution in [3.8, 4) is 51.7 Å². The van der Waals surface area contributed by atoms with Gasteiger partial charge in [0.05, 0.1) is 18.6 Å². The topological polar surface area (TPSA) is 184 Å². The molecule has 13 rings (SSSR count). The molecular weight excluding hydrogens is 1070 g/mol. The maximum absolute atomic E-state index is 16.7. The van der Waals surface area contributed by atoms with E-state index >= 15 is 4.79 Å². The first kappa shape index (κ1) is 54.6. The van der Waals surface area contributed by atoms with Crippen LogP contribution >= 0.6 is 21.6 Å². The molecule has 0 amide bonds. The van der Waals surface area contributed by atoms with E-state index in [4.69, 9.17) is 18.9 Å². The maximum Gasteiger partial charge on any atom is 0.316 e. The fourth-order valence-electron chi connectivity index (χ4n) is 16.1. The first-order valence-electron chi connectivity index (χ1n) is 29.0. The Labute approximate surface area is 486 Å². The number of rotatable bonds is 4. The number of phenolic OH excluding ortho intramolecular Hbond substituents is 3. The van der Waals surface area contributed by atoms with Gasteiger partial charge in [0.15, 0.2) is 23.0 Å². The van der Waals surface area contributed by atoms with Gasteiger partial charge in [-0.15, -0.1) is 5.92 Å². The SMILES string of the molecule is COc1cc2c(cc1O)[C@@H]1C[C@H](O)[C@H]3Cc4cc(O)c5cc4[C@@H]4C[C@@H](C[C@@H](OC(C)=O)[C@@H](C2)[C@]1(/C=C/c1ccccc1)[C@@H]34)OC(=O)[C@]12C[C@@H](C#CCCNCc3cccc(c3)-c3cc(O)cc4ccc1cc34)C[C@@H](CSS[C@H](O)CO5)C2. The van der Waals surface area contributed by atoms with E-state index in [2.05, 4.69) is 65.7 Å². The third kappa shape index (κ3) is 9.97. The molecular formula is C68H69NO11S2. The van der Waals surface area contributed by atoms with Crippen LogP contribution in [0.1, 0.15) is 103 Å². The summed E-state index contributed by atoms with van der Waals surface area (Å²) in [4.78, 5) is 30.5. The predicted octanol–water partition coefficient (Wildman–Crippen LogP) is 11.5. The maximum atomic E-state index is 16.7. The van der Waals surface area contributed by atoms with Crippen LogP contribution in [0, 0.1) is 46.8 Å². The summed E-state index contributed by atoms with van der Waals surface area (Å²) in [5, 5.41) is 64.4. The molecule has 1 spiro atoms. The Morgan fingerprint density at radius 2 is 1.72 bits per heavy atom. The number of ether oxygens (including phenoxy) is 4. The third-order valence-corrected chi connectivity index (χ3v) is 21.9. The molecule has 7 aliphatic rings. The fraction of sp³-hybridized carbons (Fsp3) is 0.412. The van der Waals surface area contributed by atoms with Gasteiger partial charge in [-0.3, -0.25) is 9.59 Å². The second-order valence-corrected chi connectivity index (χ2v) is 26.7. The normalized spacial score (nSPS) is 31.2. The Bertz CT molecular complexity index is 3560. The van der Waals surface area contributed by atoms with Crippen molar-refractivity contribution in [3.05, 3.63) is 154 Å². The largest absolute Gasteiger partial charge is 0.508 e. The highest BCUT2D eigenvalue weighted by molar-refractivity contribution is 8.76. The molecule has 6 aromatic rings. The highest BCUT2D eigenvalue weighted by Gasteiger charge is 2.66. The lowest BCUT2D eigenvalue weighted by Gasteiger charge is -2.64. The average Bonchev–Trinajstić information content (AvgIpc) is 1.20. The second kappa shape index (κ2) is 22.2. The van der Waals surface area contributed by atoms with Crippen LogP contribution in [0.15, 0.2) is 115 Å². The fourth-order valence-corrected chi connectivity index (χ4v) is 18.4. The number of methoxy groups -OCH3 is 1. The number of hydrogen-bond donors (Lipinski definition) is 6. The van der Waals surface area contributed by atoms with Gasteiger partial charge in [-0.2, -0.15) is 0 Å². The van der Waals surface area contributed by atoms with Crippen molar-refractivity contribution < 1.29 is 54.1 Å². The van der Waals surface area contributed by atoms with Crippen molar-refractivity contribution in [2.45, 2.75) is 112 Å². The Kier molecular flexibility index (Phi) is 14.8. The lowest BCUT2D eigenvalue weighted by atomic mass is 9.40. The Hall–Kier alpha value is -6.60. The summed E-state index contributed by atoms with van der Waals surface area (Å²) < 4.78 is 26.3. The minimum Gasteiger partial charge on any atom is -0.508 e. The van der Waals surface area contributed by atoms with E-state index in [0.717, 1.165) is 67.3 Å². The van der Waals surface area contributed by atoms with Crippen LogP contribution < -0.4 is 14.8 Å². The molecule has 0 radical (unpaired) electrons. The molecule has 3 saturated carbocycles. The molecule has 3 fully saturated rings. The Morgan fingerprint density at radius 1 is 0.866 bits per heavy atom. The minimum atomic E-state index is -1.23. The van der Waals surface area contributed by atoms with E-state index in [-0.39, 0.29) is 72.0 Å². The third-order valence-electron chi connectivity index (χ3n) is 19.3. The van der Waals surface area contributed by atoms with Crippen molar-refractivity contribution in [1.82, 2.24) is 5.32 Å². The van der Waals surface area contributed by atoms with E-state index in [9.17, 15) is 30.3 Å². The van der Waals surface area contributed by atoms with Gasteiger partial charge in [0.2, 0.25) is 0 Å². The van der Waals surface area contributed by atoms with Crippen molar-refractivity contribution in [2.24, 2.45) is 35.0 Å². The molecule has 0 unspecified atom stereocenters. The quantitative estimate of drug-likeness (QED) is 0.0557. The second-order valence-electron chi connectivity index (χ2n) is 24.1. The zero-order valence-electron chi connectivity index (χ0n) is 46.1. The monoisotopic (exact) mass is 1140 g/mol. The summed E-state index contributed by atoms with van der Waals surface area (Å²) in [6, 6.07) is 35.4. The molecule has 6 aromatic carbocycles. The van der Waals surface area contributed by atoms with Crippen LogP contribution in [-0.4, -0.2) is 87.2 Å². The summed E-state index contributed by atoms with van der Waals surface area (Å²) in [6.07, 6.45) is 5.76. The van der Waals surface area contributed by atoms with Crippen LogP contribution in [-0.2, 0) is 43.9 Å². The van der Waals surface area contributed by atoms with E-state index in [1.54, 1.807) is 24.3 Å². The highest BCUT2D eigenvalue weighted by Crippen LogP contribution is 2.70. The number of hydrogen-bond acceptors (Lipinski definition) is 14. The predicted molar refractivity (Wildman–Crippen MR) is 319 cm³/mol. The van der Waals surface area contributed by atoms with Crippen molar-refractivity contribution in [3.63, 3.8) is 0 Å². The molecule has 0 saturated heterocycles. The van der Waals surface area contributed by atoms with Crippen molar-refractivity contribution in [2.75, 3.05) is 26.0 Å². The summed E-state index contributed by atoms with van der Waals surface area (Å²) in [6.45, 7) is 2.66.